The van der Waals surface area contributed by atoms with Crippen LogP contribution in [0, 0.1) is 5.41 Å². The van der Waals surface area contributed by atoms with Gasteiger partial charge in [-0.3, -0.25) is 0 Å². The molecule has 2 saturated heterocycles. The highest BCUT2D eigenvalue weighted by Gasteiger charge is 2.36. The van der Waals surface area contributed by atoms with Crippen LogP contribution in [0.4, 0.5) is 0 Å². The van der Waals surface area contributed by atoms with Gasteiger partial charge in [0.15, 0.2) is 0 Å². The highest BCUT2D eigenvalue weighted by atomic mass is 16.5. The lowest BCUT2D eigenvalue weighted by atomic mass is 9.82. The van der Waals surface area contributed by atoms with Crippen LogP contribution < -0.4 is 0 Å². The van der Waals surface area contributed by atoms with E-state index in [1.807, 2.05) is 7.05 Å². The molecule has 0 saturated carbocycles. The Morgan fingerprint density at radius 2 is 1.79 bits per heavy atom. The summed E-state index contributed by atoms with van der Waals surface area (Å²) in [6.07, 6.45) is 3.39. The molecule has 1 unspecified atom stereocenters. The zero-order valence-electron chi connectivity index (χ0n) is 11.9. The van der Waals surface area contributed by atoms with Gasteiger partial charge in [0.05, 0.1) is 18.8 Å². The molecule has 19 heavy (non-hydrogen) atoms. The Morgan fingerprint density at radius 1 is 1.05 bits per heavy atom. The van der Waals surface area contributed by atoms with E-state index >= 15 is 0 Å². The first kappa shape index (κ1) is 15.2. The normalized spacial score (nSPS) is 31.6. The quantitative estimate of drug-likeness (QED) is 0.752. The predicted octanol–water partition coefficient (Wildman–Crippen LogP) is 0.249. The van der Waals surface area contributed by atoms with Gasteiger partial charge >= 0.3 is 0 Å². The average molecular weight is 273 g/mol. The highest BCUT2D eigenvalue weighted by Crippen LogP contribution is 2.30. The van der Waals surface area contributed by atoms with Crippen molar-refractivity contribution in [3.63, 3.8) is 0 Å². The maximum Gasteiger partial charge on any atom is 0.0817 e. The topological polar surface area (TPSA) is 62.2 Å². The molecule has 2 fully saturated rings. The van der Waals surface area contributed by atoms with Crippen LogP contribution in [0.2, 0.25) is 0 Å². The smallest absolute Gasteiger partial charge is 0.0817 e. The summed E-state index contributed by atoms with van der Waals surface area (Å²) >= 11 is 0. The molecule has 1 atom stereocenters. The van der Waals surface area contributed by atoms with E-state index in [9.17, 15) is 10.2 Å². The van der Waals surface area contributed by atoms with Gasteiger partial charge in [0, 0.05) is 51.2 Å². The van der Waals surface area contributed by atoms with Crippen molar-refractivity contribution >= 4 is 0 Å². The summed E-state index contributed by atoms with van der Waals surface area (Å²) in [6.45, 7) is 4.25. The van der Waals surface area contributed by atoms with E-state index in [0.717, 1.165) is 26.0 Å². The number of ether oxygens (including phenoxy) is 2. The first-order chi connectivity index (χ1) is 9.08. The third-order valence-corrected chi connectivity index (χ3v) is 4.33. The number of nitrogens with zero attached hydrogens (tertiary/aromatic N) is 1. The van der Waals surface area contributed by atoms with Gasteiger partial charge in [0.1, 0.15) is 0 Å². The molecule has 5 nitrogen and oxygen atoms in total. The first-order valence-corrected chi connectivity index (χ1v) is 7.25. The van der Waals surface area contributed by atoms with Crippen molar-refractivity contribution in [2.75, 3.05) is 53.2 Å². The number of aliphatic hydroxyl groups excluding tert-OH is 1. The van der Waals surface area contributed by atoms with E-state index in [-0.39, 0.29) is 12.0 Å². The molecule has 2 heterocycles. The van der Waals surface area contributed by atoms with Crippen LogP contribution in [0.3, 0.4) is 0 Å². The number of likely N-dealkylation sites (N-methyl/N-ethyl adjacent to an activating group) is 1. The molecule has 0 aromatic rings. The van der Waals surface area contributed by atoms with Gasteiger partial charge in [-0.1, -0.05) is 0 Å². The van der Waals surface area contributed by atoms with E-state index in [2.05, 4.69) is 4.90 Å². The molecule has 2 N–H and O–H groups in total. The maximum atomic E-state index is 10.5. The maximum absolute atomic E-state index is 10.5. The first-order valence-electron chi connectivity index (χ1n) is 7.25. The Bertz CT molecular complexity index is 273. The minimum Gasteiger partial charge on any atom is -0.396 e. The molecule has 0 aliphatic carbocycles. The standard InChI is InChI=1S/C14H27NO4/c1-15(10-14(17)4-7-18-8-5-14)9-13(11-16)3-2-6-19-12-13/h16-17H,2-12H2,1H3. The fourth-order valence-electron chi connectivity index (χ4n) is 3.25. The fourth-order valence-corrected chi connectivity index (χ4v) is 3.25. The lowest BCUT2D eigenvalue weighted by Crippen LogP contribution is -2.50. The van der Waals surface area contributed by atoms with Crippen LogP contribution in [0.25, 0.3) is 0 Å². The molecule has 5 heteroatoms. The third kappa shape index (κ3) is 4.13. The van der Waals surface area contributed by atoms with Crippen LogP contribution in [0.1, 0.15) is 25.7 Å². The van der Waals surface area contributed by atoms with Crippen molar-refractivity contribution in [3.05, 3.63) is 0 Å². The minimum absolute atomic E-state index is 0.152. The lowest BCUT2D eigenvalue weighted by Gasteiger charge is -2.41. The van der Waals surface area contributed by atoms with Crippen LogP contribution in [0.15, 0.2) is 0 Å². The summed E-state index contributed by atoms with van der Waals surface area (Å²) in [5.41, 5.74) is -0.798. The van der Waals surface area contributed by atoms with Crippen molar-refractivity contribution in [1.29, 1.82) is 0 Å². The zero-order valence-corrected chi connectivity index (χ0v) is 11.9. The molecule has 0 radical (unpaired) electrons. The van der Waals surface area contributed by atoms with Crippen LogP contribution >= 0.6 is 0 Å². The van der Waals surface area contributed by atoms with E-state index in [0.29, 0.717) is 39.2 Å². The largest absolute Gasteiger partial charge is 0.396 e. The van der Waals surface area contributed by atoms with Crippen molar-refractivity contribution < 1.29 is 19.7 Å². The van der Waals surface area contributed by atoms with Gasteiger partial charge in [0.25, 0.3) is 0 Å². The van der Waals surface area contributed by atoms with Crippen LogP contribution in [-0.2, 0) is 9.47 Å². The Kier molecular flexibility index (Phi) is 5.20. The summed E-state index contributed by atoms with van der Waals surface area (Å²) < 4.78 is 10.8. The van der Waals surface area contributed by atoms with Crippen molar-refractivity contribution in [1.82, 2.24) is 4.90 Å². The van der Waals surface area contributed by atoms with Crippen LogP contribution in [0.5, 0.6) is 0 Å². The van der Waals surface area contributed by atoms with E-state index < -0.39 is 5.60 Å². The zero-order chi connectivity index (χ0) is 13.8. The highest BCUT2D eigenvalue weighted by molar-refractivity contribution is 4.88. The molecular formula is C14H27NO4. The molecular weight excluding hydrogens is 246 g/mol. The second-order valence-corrected chi connectivity index (χ2v) is 6.32. The minimum atomic E-state index is -0.640. The molecule has 0 amide bonds. The molecule has 0 spiro atoms. The number of hydrogen-bond donors (Lipinski definition) is 2. The van der Waals surface area contributed by atoms with E-state index in [1.54, 1.807) is 0 Å². The third-order valence-electron chi connectivity index (χ3n) is 4.33. The molecule has 2 rings (SSSR count). The van der Waals surface area contributed by atoms with Gasteiger partial charge in [-0.15, -0.1) is 0 Å². The summed E-state index contributed by atoms with van der Waals surface area (Å²) in [5, 5.41) is 20.2. The second kappa shape index (κ2) is 6.50. The second-order valence-electron chi connectivity index (χ2n) is 6.32. The summed E-state index contributed by atoms with van der Waals surface area (Å²) in [5.74, 6) is 0. The molecule has 0 aromatic heterocycles. The molecule has 2 aliphatic rings. The predicted molar refractivity (Wildman–Crippen MR) is 72.1 cm³/mol. The summed E-state index contributed by atoms with van der Waals surface area (Å²) in [7, 11) is 2.01. The fraction of sp³-hybridized carbons (Fsp3) is 1.00. The van der Waals surface area contributed by atoms with Crippen molar-refractivity contribution in [2.45, 2.75) is 31.3 Å². The summed E-state index contributed by atoms with van der Waals surface area (Å²) in [6, 6.07) is 0. The van der Waals surface area contributed by atoms with Crippen molar-refractivity contribution in [2.24, 2.45) is 5.41 Å². The lowest BCUT2D eigenvalue weighted by molar-refractivity contribution is -0.0936. The molecule has 112 valence electrons. The Labute approximate surface area is 115 Å². The number of aliphatic hydroxyl groups is 2. The monoisotopic (exact) mass is 273 g/mol. The van der Waals surface area contributed by atoms with Gasteiger partial charge in [-0.05, 0) is 19.9 Å². The molecule has 2 aliphatic heterocycles. The molecule has 0 bridgehead atoms. The van der Waals surface area contributed by atoms with Gasteiger partial charge in [-0.25, -0.2) is 0 Å². The van der Waals surface area contributed by atoms with Crippen LogP contribution in [-0.4, -0.2) is 73.9 Å². The summed E-state index contributed by atoms with van der Waals surface area (Å²) in [4.78, 5) is 2.14. The van der Waals surface area contributed by atoms with Gasteiger partial charge in [0.2, 0.25) is 0 Å². The van der Waals surface area contributed by atoms with E-state index in [4.69, 9.17) is 9.47 Å². The van der Waals surface area contributed by atoms with E-state index in [1.165, 1.54) is 0 Å². The Hall–Kier alpha value is -0.200. The SMILES string of the molecule is CN(CC1(O)CCOCC1)CC1(CO)CCCOC1. The molecule has 0 aromatic carbocycles. The Morgan fingerprint density at radius 3 is 2.37 bits per heavy atom. The van der Waals surface area contributed by atoms with Gasteiger partial charge < -0.3 is 24.6 Å². The van der Waals surface area contributed by atoms with Gasteiger partial charge in [-0.2, -0.15) is 0 Å². The Balaban J connectivity index is 1.86. The number of hydrogen-bond acceptors (Lipinski definition) is 5. The number of rotatable bonds is 5. The average Bonchev–Trinajstić information content (AvgIpc) is 2.39. The van der Waals surface area contributed by atoms with Crippen molar-refractivity contribution in [3.8, 4) is 0 Å².